The van der Waals surface area contributed by atoms with Crippen molar-refractivity contribution in [3.63, 3.8) is 0 Å². The Kier molecular flexibility index (Phi) is 5.62. The van der Waals surface area contributed by atoms with Gasteiger partial charge in [0.15, 0.2) is 11.7 Å². The minimum atomic E-state index is -4.43. The van der Waals surface area contributed by atoms with Crippen molar-refractivity contribution in [1.82, 2.24) is 20.1 Å². The molecule has 0 saturated heterocycles. The molecule has 1 amide bonds. The fraction of sp³-hybridized carbons (Fsp3) is 0.526. The summed E-state index contributed by atoms with van der Waals surface area (Å²) < 4.78 is 41.5. The fourth-order valence-corrected chi connectivity index (χ4v) is 3.33. The van der Waals surface area contributed by atoms with Gasteiger partial charge in [-0.3, -0.25) is 9.78 Å². The zero-order valence-corrected chi connectivity index (χ0v) is 16.0. The number of rotatable bonds is 5. The number of pyridine rings is 1. The van der Waals surface area contributed by atoms with Gasteiger partial charge in [0.25, 0.3) is 5.91 Å². The van der Waals surface area contributed by atoms with Crippen molar-refractivity contribution in [2.24, 2.45) is 5.92 Å². The molecule has 3 atom stereocenters. The van der Waals surface area contributed by atoms with Gasteiger partial charge in [0.05, 0.1) is 0 Å². The molecule has 0 fully saturated rings. The average molecular weight is 395 g/mol. The van der Waals surface area contributed by atoms with Crippen LogP contribution >= 0.6 is 0 Å². The van der Waals surface area contributed by atoms with Gasteiger partial charge < -0.3 is 10.6 Å². The fourth-order valence-electron chi connectivity index (χ4n) is 3.33. The highest BCUT2D eigenvalue weighted by molar-refractivity contribution is 5.93. The molecule has 1 aliphatic heterocycles. The quantitative estimate of drug-likeness (QED) is 0.812. The molecule has 0 radical (unpaired) electrons. The molecule has 1 aliphatic rings. The Balaban J connectivity index is 1.76. The van der Waals surface area contributed by atoms with Crippen LogP contribution in [0.15, 0.2) is 30.5 Å². The molecule has 3 heterocycles. The third-order valence-corrected chi connectivity index (χ3v) is 4.88. The third-order valence-electron chi connectivity index (χ3n) is 4.88. The summed E-state index contributed by atoms with van der Waals surface area (Å²) in [6.45, 7) is 5.54. The monoisotopic (exact) mass is 395 g/mol. The smallest absolute Gasteiger partial charge is 0.367 e. The molecular weight excluding hydrogens is 371 g/mol. The summed E-state index contributed by atoms with van der Waals surface area (Å²) in [5, 5.41) is 9.81. The highest BCUT2D eigenvalue weighted by Gasteiger charge is 2.47. The number of fused-ring (bicyclic) bond motifs is 1. The van der Waals surface area contributed by atoms with Crippen molar-refractivity contribution in [1.29, 1.82) is 0 Å². The molecule has 2 aromatic heterocycles. The maximum absolute atomic E-state index is 13.5. The standard InChI is InChI=1S/C19H24F3N5O/c1-11(2)14-9-16(19(20,21)22)27-17(25-14)10-15(26-27)18(28)24-12(3)8-13-6-4-5-7-23-13/h4-7,10-12,14,16,25H,8-9H2,1-3H3,(H,24,28)/t12-,14+,16-/m1/s1. The largest absolute Gasteiger partial charge is 0.410 e. The van der Waals surface area contributed by atoms with E-state index in [0.717, 1.165) is 10.4 Å². The van der Waals surface area contributed by atoms with Crippen LogP contribution in [0, 0.1) is 5.92 Å². The minimum Gasteiger partial charge on any atom is -0.367 e. The lowest BCUT2D eigenvalue weighted by Crippen LogP contribution is -2.41. The number of anilines is 1. The maximum Gasteiger partial charge on any atom is 0.410 e. The Morgan fingerprint density at radius 2 is 2.11 bits per heavy atom. The first-order chi connectivity index (χ1) is 13.1. The second-order valence-electron chi connectivity index (χ2n) is 7.55. The minimum absolute atomic E-state index is 0.0178. The van der Waals surface area contributed by atoms with Crippen LogP contribution in [0.1, 0.15) is 49.4 Å². The highest BCUT2D eigenvalue weighted by Crippen LogP contribution is 2.40. The van der Waals surface area contributed by atoms with E-state index < -0.39 is 18.1 Å². The normalized spacial score (nSPS) is 20.4. The second kappa shape index (κ2) is 7.81. The van der Waals surface area contributed by atoms with E-state index in [9.17, 15) is 18.0 Å². The molecule has 9 heteroatoms. The van der Waals surface area contributed by atoms with E-state index in [4.69, 9.17) is 0 Å². The van der Waals surface area contributed by atoms with E-state index in [-0.39, 0.29) is 35.9 Å². The number of halogens is 3. The van der Waals surface area contributed by atoms with E-state index in [1.165, 1.54) is 6.07 Å². The molecule has 0 bridgehead atoms. The van der Waals surface area contributed by atoms with Crippen LogP contribution in [0.3, 0.4) is 0 Å². The first-order valence-corrected chi connectivity index (χ1v) is 9.28. The molecule has 0 aromatic carbocycles. The lowest BCUT2D eigenvalue weighted by Gasteiger charge is -2.35. The summed E-state index contributed by atoms with van der Waals surface area (Å²) in [5.41, 5.74) is 0.784. The number of aromatic nitrogens is 3. The summed E-state index contributed by atoms with van der Waals surface area (Å²) in [5.74, 6) is -0.270. The van der Waals surface area contributed by atoms with Gasteiger partial charge in [-0.1, -0.05) is 19.9 Å². The zero-order valence-electron chi connectivity index (χ0n) is 16.0. The number of carbonyl (C=O) groups excluding carboxylic acids is 1. The molecule has 0 aliphatic carbocycles. The van der Waals surface area contributed by atoms with Crippen LogP contribution in [0.4, 0.5) is 19.0 Å². The molecule has 28 heavy (non-hydrogen) atoms. The SMILES string of the molecule is CC(C)[C@@H]1C[C@H](C(F)(F)F)n2nc(C(=O)N[C@H](C)Cc3ccccn3)cc2N1. The Hall–Kier alpha value is -2.58. The summed E-state index contributed by atoms with van der Waals surface area (Å²) in [4.78, 5) is 16.7. The van der Waals surface area contributed by atoms with Crippen LogP contribution < -0.4 is 10.6 Å². The van der Waals surface area contributed by atoms with Crippen molar-refractivity contribution in [3.05, 3.63) is 41.9 Å². The number of alkyl halides is 3. The average Bonchev–Trinajstić information content (AvgIpc) is 3.04. The third kappa shape index (κ3) is 4.45. The van der Waals surface area contributed by atoms with Gasteiger partial charge in [-0.25, -0.2) is 4.68 Å². The summed E-state index contributed by atoms with van der Waals surface area (Å²) in [6, 6.07) is 4.57. The molecule has 0 saturated carbocycles. The number of nitrogens with zero attached hydrogens (tertiary/aromatic N) is 3. The van der Waals surface area contributed by atoms with Gasteiger partial charge in [0.2, 0.25) is 0 Å². The van der Waals surface area contributed by atoms with E-state index >= 15 is 0 Å². The van der Waals surface area contributed by atoms with Gasteiger partial charge in [0, 0.05) is 36.5 Å². The van der Waals surface area contributed by atoms with Crippen LogP contribution in [-0.4, -0.2) is 38.9 Å². The molecule has 3 rings (SSSR count). The van der Waals surface area contributed by atoms with E-state index in [0.29, 0.717) is 6.42 Å². The van der Waals surface area contributed by atoms with Gasteiger partial charge in [-0.15, -0.1) is 0 Å². The Morgan fingerprint density at radius 3 is 2.71 bits per heavy atom. The summed E-state index contributed by atoms with van der Waals surface area (Å²) >= 11 is 0. The molecule has 152 valence electrons. The van der Waals surface area contributed by atoms with Crippen molar-refractivity contribution < 1.29 is 18.0 Å². The number of hydrogen-bond donors (Lipinski definition) is 2. The van der Waals surface area contributed by atoms with Crippen LogP contribution in [-0.2, 0) is 6.42 Å². The first kappa shape index (κ1) is 20.2. The predicted octanol–water partition coefficient (Wildman–Crippen LogP) is 3.58. The lowest BCUT2D eigenvalue weighted by molar-refractivity contribution is -0.174. The van der Waals surface area contributed by atoms with Gasteiger partial charge in [-0.2, -0.15) is 18.3 Å². The highest BCUT2D eigenvalue weighted by atomic mass is 19.4. The number of carbonyl (C=O) groups is 1. The maximum atomic E-state index is 13.5. The summed E-state index contributed by atoms with van der Waals surface area (Å²) in [7, 11) is 0. The lowest BCUT2D eigenvalue weighted by atomic mass is 9.94. The zero-order chi connectivity index (χ0) is 20.5. The van der Waals surface area contributed by atoms with Gasteiger partial charge in [-0.05, 0) is 31.4 Å². The molecular formula is C19H24F3N5O. The Labute approximate surface area is 161 Å². The van der Waals surface area contributed by atoms with Crippen molar-refractivity contribution in [2.75, 3.05) is 5.32 Å². The Bertz CT molecular complexity index is 819. The number of hydrogen-bond acceptors (Lipinski definition) is 4. The molecule has 6 nitrogen and oxygen atoms in total. The summed E-state index contributed by atoms with van der Waals surface area (Å²) in [6.07, 6.45) is -2.37. The van der Waals surface area contributed by atoms with Gasteiger partial charge >= 0.3 is 6.18 Å². The molecule has 0 spiro atoms. The second-order valence-corrected chi connectivity index (χ2v) is 7.55. The molecule has 2 aromatic rings. The predicted molar refractivity (Wildman–Crippen MR) is 99.1 cm³/mol. The number of amides is 1. The van der Waals surface area contributed by atoms with Crippen molar-refractivity contribution in [2.45, 2.75) is 57.9 Å². The Morgan fingerprint density at radius 1 is 1.36 bits per heavy atom. The topological polar surface area (TPSA) is 71.8 Å². The van der Waals surface area contributed by atoms with Gasteiger partial charge in [0.1, 0.15) is 5.82 Å². The van der Waals surface area contributed by atoms with Crippen LogP contribution in [0.2, 0.25) is 0 Å². The van der Waals surface area contributed by atoms with Crippen molar-refractivity contribution >= 4 is 11.7 Å². The molecule has 0 unspecified atom stereocenters. The number of nitrogens with one attached hydrogen (secondary N) is 2. The van der Waals surface area contributed by atoms with E-state index in [1.54, 1.807) is 12.3 Å². The van der Waals surface area contributed by atoms with E-state index in [2.05, 4.69) is 20.7 Å². The van der Waals surface area contributed by atoms with Crippen LogP contribution in [0.25, 0.3) is 0 Å². The first-order valence-electron chi connectivity index (χ1n) is 9.28. The van der Waals surface area contributed by atoms with Crippen molar-refractivity contribution in [3.8, 4) is 0 Å². The van der Waals surface area contributed by atoms with E-state index in [1.807, 2.05) is 32.9 Å². The molecule has 2 N–H and O–H groups in total. The van der Waals surface area contributed by atoms with Crippen LogP contribution in [0.5, 0.6) is 0 Å².